The van der Waals surface area contributed by atoms with Crippen molar-refractivity contribution in [1.82, 2.24) is 0 Å². The van der Waals surface area contributed by atoms with Gasteiger partial charge >= 0.3 is 5.97 Å². The molecule has 0 aliphatic carbocycles. The highest BCUT2D eigenvalue weighted by Gasteiger charge is 1.75. The molecule has 0 heterocycles. The lowest BCUT2D eigenvalue weighted by Gasteiger charge is -1.80. The summed E-state index contributed by atoms with van der Waals surface area (Å²) in [4.78, 5) is 9.59. The van der Waals surface area contributed by atoms with E-state index < -0.39 is 0 Å². The Kier molecular flexibility index (Phi) is 8.87. The van der Waals surface area contributed by atoms with Crippen molar-refractivity contribution in [3.63, 3.8) is 0 Å². The zero-order valence-corrected chi connectivity index (χ0v) is 6.52. The van der Waals surface area contributed by atoms with Crippen molar-refractivity contribution in [3.8, 4) is 0 Å². The van der Waals surface area contributed by atoms with Gasteiger partial charge in [-0.25, -0.2) is 0 Å². The van der Waals surface area contributed by atoms with Crippen LogP contribution < -0.4 is 0 Å². The Morgan fingerprint density at radius 3 is 1.44 bits per heavy atom. The molecule has 0 aliphatic heterocycles. The van der Waals surface area contributed by atoms with E-state index in [2.05, 4.69) is 11.3 Å². The van der Waals surface area contributed by atoms with Crippen molar-refractivity contribution in [2.24, 2.45) is 0 Å². The van der Waals surface area contributed by atoms with Gasteiger partial charge in [0.05, 0.1) is 7.11 Å². The standard InChI is InChI=1S/C4H8.C3H6O2/c1-4(2)3;1-3(4)5-2/h1H2,2-3H3;1-2H3. The third kappa shape index (κ3) is 134. The number of methoxy groups -OCH3 is 1. The minimum absolute atomic E-state index is 0.245. The van der Waals surface area contributed by atoms with Crippen LogP contribution in [0.3, 0.4) is 0 Å². The van der Waals surface area contributed by atoms with E-state index in [1.165, 1.54) is 19.6 Å². The van der Waals surface area contributed by atoms with Gasteiger partial charge in [0.1, 0.15) is 0 Å². The molecule has 0 unspecified atom stereocenters. The molecule has 2 heteroatoms. The van der Waals surface area contributed by atoms with E-state index in [1.54, 1.807) is 0 Å². The molecule has 0 radical (unpaired) electrons. The van der Waals surface area contributed by atoms with Crippen LogP contribution in [0.4, 0.5) is 0 Å². The Morgan fingerprint density at radius 1 is 1.33 bits per heavy atom. The lowest BCUT2D eigenvalue weighted by molar-refractivity contribution is -0.137. The van der Waals surface area contributed by atoms with Crippen LogP contribution in [0, 0.1) is 0 Å². The van der Waals surface area contributed by atoms with Gasteiger partial charge in [-0.1, -0.05) is 5.57 Å². The summed E-state index contributed by atoms with van der Waals surface area (Å²) in [6.07, 6.45) is 0. The minimum atomic E-state index is -0.245. The van der Waals surface area contributed by atoms with Crippen molar-refractivity contribution in [3.05, 3.63) is 12.2 Å². The summed E-state index contributed by atoms with van der Waals surface area (Å²) >= 11 is 0. The predicted octanol–water partition coefficient (Wildman–Crippen LogP) is 1.76. The highest BCUT2D eigenvalue weighted by molar-refractivity contribution is 5.65. The molecule has 2 nitrogen and oxygen atoms in total. The van der Waals surface area contributed by atoms with E-state index in [0.717, 1.165) is 0 Å². The van der Waals surface area contributed by atoms with Crippen molar-refractivity contribution in [2.75, 3.05) is 7.11 Å². The number of rotatable bonds is 0. The van der Waals surface area contributed by atoms with Gasteiger partial charge < -0.3 is 4.74 Å². The molecule has 0 spiro atoms. The monoisotopic (exact) mass is 130 g/mol. The molecule has 0 rings (SSSR count). The van der Waals surface area contributed by atoms with Crippen LogP contribution in [0.5, 0.6) is 0 Å². The quantitative estimate of drug-likeness (QED) is 0.369. The van der Waals surface area contributed by atoms with Crippen LogP contribution in [0.1, 0.15) is 20.8 Å². The first-order chi connectivity index (χ1) is 4.00. The second-order valence-corrected chi connectivity index (χ2v) is 1.90. The third-order valence-electron chi connectivity index (χ3n) is 0.287. The Balaban J connectivity index is 0. The maximum absolute atomic E-state index is 9.59. The number of ether oxygens (including phenoxy) is 1. The second kappa shape index (κ2) is 7.21. The fraction of sp³-hybridized carbons (Fsp3) is 0.571. The van der Waals surface area contributed by atoms with Crippen LogP contribution in [0.25, 0.3) is 0 Å². The largest absolute Gasteiger partial charge is 0.469 e. The van der Waals surface area contributed by atoms with Crippen LogP contribution >= 0.6 is 0 Å². The molecule has 0 amide bonds. The van der Waals surface area contributed by atoms with Gasteiger partial charge in [0.15, 0.2) is 0 Å². The molecule has 0 aromatic carbocycles. The van der Waals surface area contributed by atoms with E-state index in [9.17, 15) is 4.79 Å². The van der Waals surface area contributed by atoms with Crippen LogP contribution in [-0.4, -0.2) is 13.1 Å². The lowest BCUT2D eigenvalue weighted by Crippen LogP contribution is -1.88. The van der Waals surface area contributed by atoms with Crippen molar-refractivity contribution in [2.45, 2.75) is 20.8 Å². The fourth-order valence-corrected chi connectivity index (χ4v) is 0. The molecule has 0 saturated heterocycles. The fourth-order valence-electron chi connectivity index (χ4n) is 0. The third-order valence-corrected chi connectivity index (χ3v) is 0.287. The van der Waals surface area contributed by atoms with Crippen LogP contribution in [0.2, 0.25) is 0 Å². The zero-order chi connectivity index (χ0) is 7.86. The first kappa shape index (κ1) is 11.1. The number of hydrogen-bond donors (Lipinski definition) is 0. The summed E-state index contributed by atoms with van der Waals surface area (Å²) in [5.74, 6) is -0.245. The molecule has 54 valence electrons. The number of esters is 1. The molecular formula is C7H14O2. The molecule has 0 fully saturated rings. The Morgan fingerprint density at radius 2 is 1.44 bits per heavy atom. The van der Waals surface area contributed by atoms with E-state index in [-0.39, 0.29) is 5.97 Å². The van der Waals surface area contributed by atoms with Crippen LogP contribution in [0.15, 0.2) is 12.2 Å². The van der Waals surface area contributed by atoms with Crippen LogP contribution in [-0.2, 0) is 9.53 Å². The molecule has 9 heavy (non-hydrogen) atoms. The van der Waals surface area contributed by atoms with E-state index in [0.29, 0.717) is 0 Å². The van der Waals surface area contributed by atoms with Crippen molar-refractivity contribution >= 4 is 5.97 Å². The minimum Gasteiger partial charge on any atom is -0.469 e. The SMILES string of the molecule is C=C(C)C.COC(C)=O. The average Bonchev–Trinajstić information content (AvgIpc) is 1.65. The molecule has 0 aromatic heterocycles. The Bertz CT molecular complexity index is 91.1. The maximum atomic E-state index is 9.59. The van der Waals surface area contributed by atoms with Gasteiger partial charge in [-0.05, 0) is 13.8 Å². The summed E-state index contributed by atoms with van der Waals surface area (Å²) in [6, 6.07) is 0. The van der Waals surface area contributed by atoms with Crippen molar-refractivity contribution in [1.29, 1.82) is 0 Å². The van der Waals surface area contributed by atoms with E-state index in [4.69, 9.17) is 0 Å². The zero-order valence-electron chi connectivity index (χ0n) is 6.52. The maximum Gasteiger partial charge on any atom is 0.302 e. The average molecular weight is 130 g/mol. The second-order valence-electron chi connectivity index (χ2n) is 1.90. The first-order valence-corrected chi connectivity index (χ1v) is 2.67. The molecule has 0 atom stereocenters. The number of allylic oxidation sites excluding steroid dienone is 1. The van der Waals surface area contributed by atoms with E-state index >= 15 is 0 Å². The predicted molar refractivity (Wildman–Crippen MR) is 38.2 cm³/mol. The number of carbonyl (C=O) groups excluding carboxylic acids is 1. The molecule has 0 aromatic rings. The van der Waals surface area contributed by atoms with Gasteiger partial charge in [-0.2, -0.15) is 0 Å². The van der Waals surface area contributed by atoms with Crippen molar-refractivity contribution < 1.29 is 9.53 Å². The van der Waals surface area contributed by atoms with Gasteiger partial charge in [-0.15, -0.1) is 6.58 Å². The normalized spacial score (nSPS) is 6.67. The smallest absolute Gasteiger partial charge is 0.302 e. The van der Waals surface area contributed by atoms with Gasteiger partial charge in [0.2, 0.25) is 0 Å². The number of hydrogen-bond acceptors (Lipinski definition) is 2. The van der Waals surface area contributed by atoms with E-state index in [1.807, 2.05) is 13.8 Å². The first-order valence-electron chi connectivity index (χ1n) is 2.67. The summed E-state index contributed by atoms with van der Waals surface area (Å²) in [7, 11) is 1.35. The lowest BCUT2D eigenvalue weighted by atomic mass is 10.4. The summed E-state index contributed by atoms with van der Waals surface area (Å²) in [5.41, 5.74) is 1.17. The van der Waals surface area contributed by atoms with Gasteiger partial charge in [0, 0.05) is 6.92 Å². The summed E-state index contributed by atoms with van der Waals surface area (Å²) in [5, 5.41) is 0. The Hall–Kier alpha value is -0.790. The highest BCUT2D eigenvalue weighted by atomic mass is 16.5. The molecule has 0 saturated carbocycles. The molecule has 0 bridgehead atoms. The highest BCUT2D eigenvalue weighted by Crippen LogP contribution is 1.73. The summed E-state index contributed by atoms with van der Waals surface area (Å²) in [6.45, 7) is 8.86. The Labute approximate surface area is 56.5 Å². The van der Waals surface area contributed by atoms with Gasteiger partial charge in [0.25, 0.3) is 0 Å². The molecule has 0 aliphatic rings. The van der Waals surface area contributed by atoms with Gasteiger partial charge in [-0.3, -0.25) is 4.79 Å². The molecular weight excluding hydrogens is 116 g/mol. The topological polar surface area (TPSA) is 26.3 Å². The summed E-state index contributed by atoms with van der Waals surface area (Å²) < 4.78 is 4.11. The molecule has 0 N–H and O–H groups in total. The number of carbonyl (C=O) groups is 1.